The fraction of sp³-hybridized carbons (Fsp3) is 0.529. The van der Waals surface area contributed by atoms with E-state index < -0.39 is 0 Å². The standard InChI is InChI=1S/C17H23N5/c1-2-7-18-14(3-1)11-21-8-4-15(5-9-21)22-10-6-16-17(12-22)20-13-19-16/h1-3,7,13,15H,4-6,8-12H2,(H,19,20). The second-order valence-electron chi connectivity index (χ2n) is 6.38. The number of rotatable bonds is 3. The van der Waals surface area contributed by atoms with E-state index in [2.05, 4.69) is 36.9 Å². The van der Waals surface area contributed by atoms with E-state index in [0.29, 0.717) is 0 Å². The summed E-state index contributed by atoms with van der Waals surface area (Å²) in [6.45, 7) is 5.53. The maximum atomic E-state index is 4.44. The lowest BCUT2D eigenvalue weighted by molar-refractivity contribution is 0.0930. The Morgan fingerprint density at radius 2 is 2.05 bits per heavy atom. The number of hydrogen-bond donors (Lipinski definition) is 1. The lowest BCUT2D eigenvalue weighted by atomic mass is 10.00. The first-order chi connectivity index (χ1) is 10.9. The van der Waals surface area contributed by atoms with Crippen LogP contribution >= 0.6 is 0 Å². The highest BCUT2D eigenvalue weighted by Gasteiger charge is 2.28. The van der Waals surface area contributed by atoms with Gasteiger partial charge in [0.05, 0.1) is 23.4 Å². The normalized spacial score (nSPS) is 20.9. The summed E-state index contributed by atoms with van der Waals surface area (Å²) in [4.78, 5) is 17.3. The molecule has 2 aliphatic heterocycles. The van der Waals surface area contributed by atoms with Crippen molar-refractivity contribution in [3.8, 4) is 0 Å². The van der Waals surface area contributed by atoms with E-state index in [1.807, 2.05) is 18.6 Å². The molecule has 1 saturated heterocycles. The van der Waals surface area contributed by atoms with Crippen molar-refractivity contribution in [2.24, 2.45) is 0 Å². The molecule has 0 saturated carbocycles. The predicted molar refractivity (Wildman–Crippen MR) is 85.2 cm³/mol. The van der Waals surface area contributed by atoms with Gasteiger partial charge in [-0.25, -0.2) is 4.98 Å². The SMILES string of the molecule is c1ccc(CN2CCC(N3CCc4nc[nH]c4C3)CC2)nc1. The van der Waals surface area contributed by atoms with Crippen LogP contribution in [0.2, 0.25) is 0 Å². The summed E-state index contributed by atoms with van der Waals surface area (Å²) in [5, 5.41) is 0. The van der Waals surface area contributed by atoms with Crippen LogP contribution in [-0.4, -0.2) is 50.4 Å². The van der Waals surface area contributed by atoms with Gasteiger partial charge in [0, 0.05) is 51.4 Å². The molecule has 0 unspecified atom stereocenters. The first-order valence-corrected chi connectivity index (χ1v) is 8.26. The molecule has 4 rings (SSSR count). The van der Waals surface area contributed by atoms with E-state index in [9.17, 15) is 0 Å². The van der Waals surface area contributed by atoms with Crippen LogP contribution in [0.4, 0.5) is 0 Å². The van der Waals surface area contributed by atoms with E-state index in [4.69, 9.17) is 0 Å². The third kappa shape index (κ3) is 2.91. The molecule has 1 fully saturated rings. The van der Waals surface area contributed by atoms with E-state index in [0.717, 1.165) is 32.1 Å². The molecule has 0 aliphatic carbocycles. The zero-order valence-electron chi connectivity index (χ0n) is 12.9. The Labute approximate surface area is 131 Å². The van der Waals surface area contributed by atoms with Crippen molar-refractivity contribution in [3.63, 3.8) is 0 Å². The first-order valence-electron chi connectivity index (χ1n) is 8.26. The number of imidazole rings is 1. The van der Waals surface area contributed by atoms with Gasteiger partial charge >= 0.3 is 0 Å². The van der Waals surface area contributed by atoms with Crippen LogP contribution in [0.25, 0.3) is 0 Å². The van der Waals surface area contributed by atoms with Gasteiger partial charge in [0.15, 0.2) is 0 Å². The summed E-state index contributed by atoms with van der Waals surface area (Å²) in [5.74, 6) is 0. The Morgan fingerprint density at radius 3 is 2.86 bits per heavy atom. The van der Waals surface area contributed by atoms with Crippen molar-refractivity contribution in [2.45, 2.75) is 38.4 Å². The second-order valence-corrected chi connectivity index (χ2v) is 6.38. The van der Waals surface area contributed by atoms with E-state index in [1.165, 1.54) is 43.0 Å². The Bertz CT molecular complexity index is 601. The highest BCUT2D eigenvalue weighted by Crippen LogP contribution is 2.23. The van der Waals surface area contributed by atoms with Crippen LogP contribution < -0.4 is 0 Å². The largest absolute Gasteiger partial charge is 0.347 e. The number of hydrogen-bond acceptors (Lipinski definition) is 4. The molecule has 0 bridgehead atoms. The summed E-state index contributed by atoms with van der Waals surface area (Å²) < 4.78 is 0. The van der Waals surface area contributed by atoms with E-state index in [-0.39, 0.29) is 0 Å². The fourth-order valence-corrected chi connectivity index (χ4v) is 3.71. The van der Waals surface area contributed by atoms with Gasteiger partial charge in [-0.1, -0.05) is 6.07 Å². The highest BCUT2D eigenvalue weighted by molar-refractivity contribution is 5.14. The third-order valence-corrected chi connectivity index (χ3v) is 4.99. The lowest BCUT2D eigenvalue weighted by Crippen LogP contribution is -2.46. The minimum atomic E-state index is 0.719. The van der Waals surface area contributed by atoms with Gasteiger partial charge in [0.1, 0.15) is 0 Å². The topological polar surface area (TPSA) is 48.0 Å². The third-order valence-electron chi connectivity index (χ3n) is 4.99. The first kappa shape index (κ1) is 13.9. The number of nitrogens with one attached hydrogen (secondary N) is 1. The predicted octanol–water partition coefficient (Wildman–Crippen LogP) is 1.83. The van der Waals surface area contributed by atoms with Crippen LogP contribution in [0.1, 0.15) is 29.9 Å². The van der Waals surface area contributed by atoms with Gasteiger partial charge in [-0.3, -0.25) is 14.8 Å². The van der Waals surface area contributed by atoms with E-state index in [1.54, 1.807) is 0 Å². The maximum absolute atomic E-state index is 4.44. The summed E-state index contributed by atoms with van der Waals surface area (Å²) in [5.41, 5.74) is 3.77. The zero-order chi connectivity index (χ0) is 14.8. The summed E-state index contributed by atoms with van der Waals surface area (Å²) in [6, 6.07) is 6.90. The number of nitrogens with zero attached hydrogens (tertiary/aromatic N) is 4. The molecular formula is C17H23N5. The molecule has 0 radical (unpaired) electrons. The minimum Gasteiger partial charge on any atom is -0.347 e. The smallest absolute Gasteiger partial charge is 0.0925 e. The van der Waals surface area contributed by atoms with Crippen molar-refractivity contribution in [1.29, 1.82) is 0 Å². The number of pyridine rings is 1. The van der Waals surface area contributed by atoms with Crippen LogP contribution in [-0.2, 0) is 19.5 Å². The molecule has 22 heavy (non-hydrogen) atoms. The molecule has 5 heteroatoms. The van der Waals surface area contributed by atoms with Gasteiger partial charge in [-0.2, -0.15) is 0 Å². The molecule has 0 atom stereocenters. The van der Waals surface area contributed by atoms with Gasteiger partial charge in [0.2, 0.25) is 0 Å². The minimum absolute atomic E-state index is 0.719. The summed E-state index contributed by atoms with van der Waals surface area (Å²) >= 11 is 0. The molecule has 0 aromatic carbocycles. The van der Waals surface area contributed by atoms with Crippen molar-refractivity contribution in [2.75, 3.05) is 19.6 Å². The van der Waals surface area contributed by atoms with Gasteiger partial charge in [-0.05, 0) is 25.0 Å². The molecule has 2 aromatic heterocycles. The molecule has 0 amide bonds. The number of H-pyrrole nitrogens is 1. The van der Waals surface area contributed by atoms with Crippen molar-refractivity contribution in [1.82, 2.24) is 24.8 Å². The fourth-order valence-electron chi connectivity index (χ4n) is 3.71. The number of aromatic amines is 1. The van der Waals surface area contributed by atoms with Gasteiger partial charge in [-0.15, -0.1) is 0 Å². The number of fused-ring (bicyclic) bond motifs is 1. The van der Waals surface area contributed by atoms with E-state index >= 15 is 0 Å². The number of aromatic nitrogens is 3. The van der Waals surface area contributed by atoms with Crippen molar-refractivity contribution >= 4 is 0 Å². The Morgan fingerprint density at radius 1 is 1.14 bits per heavy atom. The number of piperidine rings is 1. The lowest BCUT2D eigenvalue weighted by Gasteiger charge is -2.39. The van der Waals surface area contributed by atoms with Gasteiger partial charge in [0.25, 0.3) is 0 Å². The van der Waals surface area contributed by atoms with Crippen LogP contribution in [0.3, 0.4) is 0 Å². The quantitative estimate of drug-likeness (QED) is 0.939. The Hall–Kier alpha value is -1.72. The number of likely N-dealkylation sites (tertiary alicyclic amines) is 1. The average Bonchev–Trinajstić information content (AvgIpc) is 3.04. The molecular weight excluding hydrogens is 274 g/mol. The summed E-state index contributed by atoms with van der Waals surface area (Å²) in [7, 11) is 0. The van der Waals surface area contributed by atoms with Gasteiger partial charge < -0.3 is 4.98 Å². The van der Waals surface area contributed by atoms with Crippen molar-refractivity contribution < 1.29 is 0 Å². The molecule has 1 N–H and O–H groups in total. The van der Waals surface area contributed by atoms with Crippen LogP contribution in [0.5, 0.6) is 0 Å². The molecule has 4 heterocycles. The second kappa shape index (κ2) is 6.18. The monoisotopic (exact) mass is 297 g/mol. The zero-order valence-corrected chi connectivity index (χ0v) is 12.9. The molecule has 5 nitrogen and oxygen atoms in total. The molecule has 0 spiro atoms. The maximum Gasteiger partial charge on any atom is 0.0925 e. The molecule has 2 aliphatic rings. The Balaban J connectivity index is 1.31. The highest BCUT2D eigenvalue weighted by atomic mass is 15.2. The van der Waals surface area contributed by atoms with Crippen LogP contribution in [0.15, 0.2) is 30.7 Å². The Kier molecular flexibility index (Phi) is 3.91. The van der Waals surface area contributed by atoms with Crippen LogP contribution in [0, 0.1) is 0 Å². The van der Waals surface area contributed by atoms with Crippen molar-refractivity contribution in [3.05, 3.63) is 47.8 Å². The molecule has 116 valence electrons. The molecule has 2 aromatic rings. The summed E-state index contributed by atoms with van der Waals surface area (Å²) in [6.07, 6.45) is 7.33. The average molecular weight is 297 g/mol.